The molecule has 1 heterocycles. The Bertz CT molecular complexity index is 1260. The van der Waals surface area contributed by atoms with Crippen molar-refractivity contribution in [1.29, 1.82) is 0 Å². The molecule has 8 heteroatoms. The monoisotopic (exact) mass is 449 g/mol. The van der Waals surface area contributed by atoms with Crippen LogP contribution in [0.3, 0.4) is 0 Å². The van der Waals surface area contributed by atoms with Gasteiger partial charge in [0.25, 0.3) is 10.0 Å². The Kier molecular flexibility index (Phi) is 5.96. The van der Waals surface area contributed by atoms with Crippen molar-refractivity contribution < 1.29 is 17.9 Å². The number of nitrogens with one attached hydrogen (secondary N) is 1. The summed E-state index contributed by atoms with van der Waals surface area (Å²) in [5, 5.41) is 6.00. The lowest BCUT2D eigenvalue weighted by atomic mass is 9.97. The second-order valence-corrected chi connectivity index (χ2v) is 9.05. The van der Waals surface area contributed by atoms with Crippen molar-refractivity contribution in [3.05, 3.63) is 90.0 Å². The highest BCUT2D eigenvalue weighted by molar-refractivity contribution is 7.92. The highest BCUT2D eigenvalue weighted by atomic mass is 32.2. The molecule has 0 spiro atoms. The van der Waals surface area contributed by atoms with Crippen LogP contribution in [0.25, 0.3) is 0 Å². The number of anilines is 1. The topological polar surface area (TPSA) is 88.1 Å². The van der Waals surface area contributed by atoms with E-state index in [1.165, 1.54) is 24.1 Å². The maximum atomic E-state index is 12.9. The lowest BCUT2D eigenvalue weighted by Gasteiger charge is -2.20. The first kappa shape index (κ1) is 21.6. The number of amides is 1. The Hall–Kier alpha value is -3.65. The zero-order valence-electron chi connectivity index (χ0n) is 17.7. The van der Waals surface area contributed by atoms with Crippen molar-refractivity contribution in [3.63, 3.8) is 0 Å². The van der Waals surface area contributed by atoms with E-state index in [1.807, 2.05) is 30.3 Å². The zero-order valence-corrected chi connectivity index (χ0v) is 18.5. The lowest BCUT2D eigenvalue weighted by Crippen LogP contribution is -2.24. The van der Waals surface area contributed by atoms with Crippen LogP contribution in [0, 0.1) is 0 Å². The minimum atomic E-state index is -3.77. The summed E-state index contributed by atoms with van der Waals surface area (Å²) in [5.74, 6) is 0.533. The quantitative estimate of drug-likeness (QED) is 0.611. The molecule has 0 bridgehead atoms. The molecule has 0 saturated carbocycles. The normalized spacial score (nSPS) is 15.9. The van der Waals surface area contributed by atoms with E-state index in [0.29, 0.717) is 23.4 Å². The SMILES string of the molecule is COc1ccc(C2CC(c3ccccc3NS(=O)(=O)c3ccccc3)=NN2C(C)=O)cc1. The highest BCUT2D eigenvalue weighted by Gasteiger charge is 2.32. The average molecular weight is 450 g/mol. The van der Waals surface area contributed by atoms with Gasteiger partial charge in [-0.25, -0.2) is 13.4 Å². The van der Waals surface area contributed by atoms with Crippen LogP contribution in [0.4, 0.5) is 5.69 Å². The third-order valence-corrected chi connectivity index (χ3v) is 6.65. The predicted octanol–water partition coefficient (Wildman–Crippen LogP) is 4.19. The molecule has 1 amide bonds. The van der Waals surface area contributed by atoms with Crippen molar-refractivity contribution in [3.8, 4) is 5.75 Å². The van der Waals surface area contributed by atoms with Crippen molar-refractivity contribution in [1.82, 2.24) is 5.01 Å². The van der Waals surface area contributed by atoms with Crippen LogP contribution in [0.1, 0.15) is 30.5 Å². The molecule has 1 atom stereocenters. The number of benzene rings is 3. The molecule has 1 aliphatic heterocycles. The second kappa shape index (κ2) is 8.84. The fourth-order valence-electron chi connectivity index (χ4n) is 3.68. The Labute approximate surface area is 187 Å². The number of para-hydroxylation sites is 1. The summed E-state index contributed by atoms with van der Waals surface area (Å²) in [7, 11) is -2.17. The molecule has 0 fully saturated rings. The molecule has 1 aliphatic rings. The molecule has 0 aromatic heterocycles. The average Bonchev–Trinajstić information content (AvgIpc) is 3.25. The number of hydrogen-bond donors (Lipinski definition) is 1. The first-order valence-corrected chi connectivity index (χ1v) is 11.6. The molecule has 0 radical (unpaired) electrons. The minimum absolute atomic E-state index is 0.171. The Morgan fingerprint density at radius 1 is 1.00 bits per heavy atom. The van der Waals surface area contributed by atoms with Crippen LogP contribution in [0.5, 0.6) is 5.75 Å². The van der Waals surface area contributed by atoms with Crippen LogP contribution in [0.2, 0.25) is 0 Å². The molecule has 7 nitrogen and oxygen atoms in total. The smallest absolute Gasteiger partial charge is 0.261 e. The van der Waals surface area contributed by atoms with Gasteiger partial charge in [0.05, 0.1) is 29.4 Å². The number of carbonyl (C=O) groups excluding carboxylic acids is 1. The van der Waals surface area contributed by atoms with Crippen molar-refractivity contribution in [2.24, 2.45) is 5.10 Å². The standard InChI is InChI=1S/C24H23N3O4S/c1-17(28)27-24(18-12-14-19(31-2)15-13-18)16-23(25-27)21-10-6-7-11-22(21)26-32(29,30)20-8-4-3-5-9-20/h3-15,24,26H,16H2,1-2H3. The van der Waals surface area contributed by atoms with E-state index >= 15 is 0 Å². The number of rotatable bonds is 6. The molecule has 0 saturated heterocycles. The van der Waals surface area contributed by atoms with Gasteiger partial charge in [-0.3, -0.25) is 9.52 Å². The van der Waals surface area contributed by atoms with Crippen LogP contribution in [-0.2, 0) is 14.8 Å². The van der Waals surface area contributed by atoms with Crippen molar-refractivity contribution in [2.45, 2.75) is 24.3 Å². The molecular weight excluding hydrogens is 426 g/mol. The first-order chi connectivity index (χ1) is 15.4. The van der Waals surface area contributed by atoms with E-state index in [0.717, 1.165) is 11.3 Å². The summed E-state index contributed by atoms with van der Waals surface area (Å²) in [6.45, 7) is 1.47. The molecule has 1 N–H and O–H groups in total. The molecule has 32 heavy (non-hydrogen) atoms. The van der Waals surface area contributed by atoms with E-state index in [-0.39, 0.29) is 16.8 Å². The molecule has 3 aromatic carbocycles. The summed E-state index contributed by atoms with van der Waals surface area (Å²) >= 11 is 0. The van der Waals surface area contributed by atoms with Gasteiger partial charge in [-0.2, -0.15) is 5.10 Å². The van der Waals surface area contributed by atoms with E-state index in [2.05, 4.69) is 9.82 Å². The fraction of sp³-hybridized carbons (Fsp3) is 0.167. The number of carbonyl (C=O) groups is 1. The number of methoxy groups -OCH3 is 1. The third kappa shape index (κ3) is 4.36. The Morgan fingerprint density at radius 2 is 1.66 bits per heavy atom. The van der Waals surface area contributed by atoms with Gasteiger partial charge < -0.3 is 4.74 Å². The van der Waals surface area contributed by atoms with Gasteiger partial charge in [-0.1, -0.05) is 48.5 Å². The number of ether oxygens (including phenoxy) is 1. The van der Waals surface area contributed by atoms with Gasteiger partial charge in [0.2, 0.25) is 5.91 Å². The zero-order chi connectivity index (χ0) is 22.7. The maximum absolute atomic E-state index is 12.9. The Balaban J connectivity index is 1.66. The summed E-state index contributed by atoms with van der Waals surface area (Å²) in [5.41, 5.74) is 2.60. The van der Waals surface area contributed by atoms with Crippen LogP contribution in [-0.4, -0.2) is 32.2 Å². The van der Waals surface area contributed by atoms with Crippen LogP contribution < -0.4 is 9.46 Å². The third-order valence-electron chi connectivity index (χ3n) is 5.27. The summed E-state index contributed by atoms with van der Waals surface area (Å²) < 4.78 is 33.6. The van der Waals surface area contributed by atoms with E-state index in [4.69, 9.17) is 4.74 Å². The number of hydrazone groups is 1. The molecule has 3 aromatic rings. The number of nitrogens with zero attached hydrogens (tertiary/aromatic N) is 2. The fourth-order valence-corrected chi connectivity index (χ4v) is 4.78. The van der Waals surface area contributed by atoms with Gasteiger partial charge >= 0.3 is 0 Å². The Morgan fingerprint density at radius 3 is 2.31 bits per heavy atom. The molecular formula is C24H23N3O4S. The summed E-state index contributed by atoms with van der Waals surface area (Å²) in [6, 6.07) is 22.4. The number of hydrogen-bond acceptors (Lipinski definition) is 5. The number of sulfonamides is 1. The molecule has 4 rings (SSSR count). The van der Waals surface area contributed by atoms with Crippen LogP contribution >= 0.6 is 0 Å². The lowest BCUT2D eigenvalue weighted by molar-refractivity contribution is -0.130. The van der Waals surface area contributed by atoms with Gasteiger partial charge in [0, 0.05) is 18.9 Å². The summed E-state index contributed by atoms with van der Waals surface area (Å²) in [6.07, 6.45) is 0.454. The maximum Gasteiger partial charge on any atom is 0.261 e. The second-order valence-electron chi connectivity index (χ2n) is 7.37. The van der Waals surface area contributed by atoms with Gasteiger partial charge in [0.1, 0.15) is 5.75 Å². The van der Waals surface area contributed by atoms with Gasteiger partial charge in [0.15, 0.2) is 0 Å². The summed E-state index contributed by atoms with van der Waals surface area (Å²) in [4.78, 5) is 12.5. The highest BCUT2D eigenvalue weighted by Crippen LogP contribution is 2.35. The van der Waals surface area contributed by atoms with Crippen molar-refractivity contribution in [2.75, 3.05) is 11.8 Å². The molecule has 164 valence electrons. The van der Waals surface area contributed by atoms with Gasteiger partial charge in [-0.15, -0.1) is 0 Å². The van der Waals surface area contributed by atoms with E-state index in [1.54, 1.807) is 43.5 Å². The predicted molar refractivity (Wildman–Crippen MR) is 123 cm³/mol. The van der Waals surface area contributed by atoms with E-state index in [9.17, 15) is 13.2 Å². The van der Waals surface area contributed by atoms with Crippen molar-refractivity contribution >= 4 is 27.3 Å². The largest absolute Gasteiger partial charge is 0.497 e. The molecule has 0 aliphatic carbocycles. The first-order valence-electron chi connectivity index (χ1n) is 10.1. The minimum Gasteiger partial charge on any atom is -0.497 e. The van der Waals surface area contributed by atoms with E-state index < -0.39 is 10.0 Å². The van der Waals surface area contributed by atoms with Gasteiger partial charge in [-0.05, 0) is 35.9 Å². The van der Waals surface area contributed by atoms with Crippen LogP contribution in [0.15, 0.2) is 88.9 Å². The molecule has 1 unspecified atom stereocenters.